The second kappa shape index (κ2) is 17.7. The Morgan fingerprint density at radius 1 is 0.862 bits per heavy atom. The fraction of sp³-hybridized carbons (Fsp3) is 0.950. The van der Waals surface area contributed by atoms with Gasteiger partial charge in [-0.25, -0.2) is 4.18 Å². The van der Waals surface area contributed by atoms with Gasteiger partial charge in [0.25, 0.3) is 0 Å². The molecule has 0 amide bonds. The smallest absolute Gasteiger partial charge is 0.394 e. The van der Waals surface area contributed by atoms with Crippen LogP contribution in [0.4, 0.5) is 0 Å². The molecule has 6 fully saturated rings. The first kappa shape index (κ1) is 46.6. The summed E-state index contributed by atoms with van der Waals surface area (Å²) in [6.07, 6.45) is -6.65. The molecule has 336 valence electrons. The Morgan fingerprint density at radius 3 is 2.17 bits per heavy atom. The van der Waals surface area contributed by atoms with Crippen molar-refractivity contribution in [3.05, 3.63) is 12.2 Å². The van der Waals surface area contributed by atoms with Crippen molar-refractivity contribution in [2.75, 3.05) is 34.0 Å². The van der Waals surface area contributed by atoms with E-state index in [9.17, 15) is 48.7 Å². The monoisotopic (exact) mass is 852 g/mol. The van der Waals surface area contributed by atoms with Crippen molar-refractivity contribution < 1.29 is 81.3 Å². The highest BCUT2D eigenvalue weighted by Gasteiger charge is 2.72. The molecule has 2 aliphatic heterocycles. The van der Waals surface area contributed by atoms with Gasteiger partial charge < -0.3 is 64.2 Å². The third-order valence-electron chi connectivity index (χ3n) is 15.4. The number of rotatable bonds is 14. The molecule has 0 spiro atoms. The van der Waals surface area contributed by atoms with E-state index in [1.54, 1.807) is 0 Å². The van der Waals surface area contributed by atoms with Gasteiger partial charge in [0.2, 0.25) is 0 Å². The number of ether oxygens (including phenoxy) is 6. The third-order valence-corrected chi connectivity index (χ3v) is 15.9. The minimum atomic E-state index is -4.99. The Hall–Kier alpha value is -0.910. The highest BCUT2D eigenvalue weighted by atomic mass is 32.3. The molecule has 0 aromatic heterocycles. The maximum atomic E-state index is 12.8. The van der Waals surface area contributed by atoms with E-state index < -0.39 is 125 Å². The third kappa shape index (κ3) is 8.45. The zero-order valence-corrected chi connectivity index (χ0v) is 35.5. The molecule has 0 aromatic rings. The topological polar surface area (TPSA) is 261 Å². The van der Waals surface area contributed by atoms with Crippen LogP contribution in [0.1, 0.15) is 73.1 Å². The number of hydrogen-bond acceptors (Lipinski definition) is 16. The van der Waals surface area contributed by atoms with Gasteiger partial charge in [0.15, 0.2) is 12.6 Å². The first-order valence-corrected chi connectivity index (χ1v) is 22.2. The Labute approximate surface area is 341 Å². The minimum absolute atomic E-state index is 0.0227. The fourth-order valence-electron chi connectivity index (χ4n) is 12.4. The Bertz CT molecular complexity index is 1530. The van der Waals surface area contributed by atoms with Crippen LogP contribution in [0.15, 0.2) is 12.2 Å². The summed E-state index contributed by atoms with van der Waals surface area (Å²) >= 11 is 0. The second-order valence-electron chi connectivity index (χ2n) is 18.8. The van der Waals surface area contributed by atoms with Crippen LogP contribution in [0.5, 0.6) is 0 Å². The summed E-state index contributed by atoms with van der Waals surface area (Å²) in [5.74, 6) is -2.17. The molecule has 8 N–H and O–H groups in total. The predicted octanol–water partition coefficient (Wildman–Crippen LogP) is 0.552. The molecule has 6 aliphatic rings. The normalized spacial score (nSPS) is 49.4. The molecule has 21 atom stereocenters. The van der Waals surface area contributed by atoms with Crippen LogP contribution in [0.25, 0.3) is 0 Å². The van der Waals surface area contributed by atoms with E-state index in [2.05, 4.69) is 26.0 Å². The van der Waals surface area contributed by atoms with Gasteiger partial charge in [-0.15, -0.1) is 0 Å². The van der Waals surface area contributed by atoms with Crippen molar-refractivity contribution in [3.63, 3.8) is 0 Å². The molecule has 17 nitrogen and oxygen atoms in total. The van der Waals surface area contributed by atoms with Crippen molar-refractivity contribution in [2.45, 2.75) is 152 Å². The zero-order valence-electron chi connectivity index (χ0n) is 34.6. The van der Waals surface area contributed by atoms with Gasteiger partial charge in [0.1, 0.15) is 36.6 Å². The van der Waals surface area contributed by atoms with Gasteiger partial charge >= 0.3 is 10.4 Å². The molecule has 0 radical (unpaired) electrons. The van der Waals surface area contributed by atoms with E-state index in [-0.39, 0.29) is 49.7 Å². The molecule has 3 unspecified atom stereocenters. The zero-order chi connectivity index (χ0) is 42.7. The van der Waals surface area contributed by atoms with Crippen LogP contribution in [0, 0.1) is 52.3 Å². The number of aliphatic hydroxyl groups excluding tert-OH is 6. The summed E-state index contributed by atoms with van der Waals surface area (Å²) < 4.78 is 74.0. The van der Waals surface area contributed by atoms with E-state index >= 15 is 0 Å². The number of hydrogen-bond donors (Lipinski definition) is 8. The minimum Gasteiger partial charge on any atom is -0.394 e. The summed E-state index contributed by atoms with van der Waals surface area (Å²) in [6, 6.07) is 0. The molecule has 4 saturated carbocycles. The lowest BCUT2D eigenvalue weighted by atomic mass is 9.41. The molecular weight excluding hydrogens is 784 g/mol. The molecule has 2 saturated heterocycles. The molecular formula is C40H68O17S. The number of fused-ring (bicyclic) bond motifs is 5. The average Bonchev–Trinajstić information content (AvgIpc) is 3.60. The fourth-order valence-corrected chi connectivity index (χ4v) is 12.9. The standard InChI is InChI=1S/C40H68O17S/c1-19(2)21(17-53-37-34(31(45)26(16-41)55-37)56-36-33(52-7)32(46)27(51-6)18-54-36)9-8-20(3)22-14-24(43)35-38(22,4)13-11-28-39(5)12-10-23(42)30(44)29(39)25(15-40(28,35)47)57-58(48,49)50/h8-9,19-37,41-47H,10-18H2,1-7H3,(H,48,49,50)/b9-8+/t20-,21-,22-,23+,24-,25+,26+,27-,28?,29?,30+,31+,32+,33-,34-,35?,36+,37-,38-,39-,40+/m1/s1. The first-order chi connectivity index (χ1) is 27.1. The van der Waals surface area contributed by atoms with Crippen molar-refractivity contribution in [1.29, 1.82) is 0 Å². The van der Waals surface area contributed by atoms with Crippen LogP contribution in [0.2, 0.25) is 0 Å². The maximum Gasteiger partial charge on any atom is 0.397 e. The molecule has 0 aromatic carbocycles. The predicted molar refractivity (Wildman–Crippen MR) is 204 cm³/mol. The Kier molecular flexibility index (Phi) is 14.2. The number of allylic oxidation sites excluding steroid dienone is 1. The van der Waals surface area contributed by atoms with Gasteiger partial charge in [0.05, 0.1) is 49.8 Å². The van der Waals surface area contributed by atoms with Crippen LogP contribution in [-0.4, -0.2) is 162 Å². The van der Waals surface area contributed by atoms with Gasteiger partial charge in [0, 0.05) is 38.4 Å². The molecule has 2 heterocycles. The highest BCUT2D eigenvalue weighted by molar-refractivity contribution is 7.80. The van der Waals surface area contributed by atoms with Crippen molar-refractivity contribution in [1.82, 2.24) is 0 Å². The second-order valence-corrected chi connectivity index (χ2v) is 19.9. The van der Waals surface area contributed by atoms with Crippen molar-refractivity contribution in [2.24, 2.45) is 52.3 Å². The van der Waals surface area contributed by atoms with E-state index in [1.807, 2.05) is 20.8 Å². The SMILES string of the molecule is CO[C@H]1[C@H](O[C@H]2[C@H](OC[C@@H](/C=C/[C@@H](C)[C@H]3C[C@@H](O)C4[C@]5(O)C[C@H](OS(=O)(=O)O)C6[C@@H](O)[C@@H](O)CC[C@]6(C)C5CC[C@@]43C)C(C)C)O[C@@H](CO)[C@@H]2O)OC[C@@H](OC)[C@@H]1O. The van der Waals surface area contributed by atoms with Gasteiger partial charge in [-0.1, -0.05) is 46.8 Å². The summed E-state index contributed by atoms with van der Waals surface area (Å²) in [7, 11) is -2.14. The summed E-state index contributed by atoms with van der Waals surface area (Å²) in [6.45, 7) is 9.82. The lowest BCUT2D eigenvalue weighted by Crippen LogP contribution is -2.71. The van der Waals surface area contributed by atoms with Crippen LogP contribution in [0.3, 0.4) is 0 Å². The lowest BCUT2D eigenvalue weighted by molar-refractivity contribution is -0.310. The first-order valence-electron chi connectivity index (χ1n) is 20.8. The molecule has 18 heteroatoms. The molecule has 0 bridgehead atoms. The van der Waals surface area contributed by atoms with E-state index in [0.717, 1.165) is 0 Å². The summed E-state index contributed by atoms with van der Waals surface area (Å²) in [5.41, 5.74) is -3.01. The van der Waals surface area contributed by atoms with E-state index in [0.29, 0.717) is 25.7 Å². The Morgan fingerprint density at radius 2 is 1.55 bits per heavy atom. The van der Waals surface area contributed by atoms with Crippen LogP contribution >= 0.6 is 0 Å². The average molecular weight is 853 g/mol. The van der Waals surface area contributed by atoms with Crippen LogP contribution < -0.4 is 0 Å². The van der Waals surface area contributed by atoms with E-state index in [1.165, 1.54) is 14.2 Å². The highest BCUT2D eigenvalue weighted by Crippen LogP contribution is 2.70. The largest absolute Gasteiger partial charge is 0.397 e. The van der Waals surface area contributed by atoms with E-state index in [4.69, 9.17) is 32.6 Å². The summed E-state index contributed by atoms with van der Waals surface area (Å²) in [4.78, 5) is 0. The van der Waals surface area contributed by atoms with Crippen molar-refractivity contribution >= 4 is 10.4 Å². The van der Waals surface area contributed by atoms with Gasteiger partial charge in [-0.2, -0.15) is 8.42 Å². The molecule has 4 aliphatic carbocycles. The number of methoxy groups -OCH3 is 2. The Balaban J connectivity index is 1.17. The van der Waals surface area contributed by atoms with Crippen LogP contribution in [-0.2, 0) is 43.0 Å². The summed E-state index contributed by atoms with van der Waals surface area (Å²) in [5, 5.41) is 78.2. The van der Waals surface area contributed by atoms with Crippen molar-refractivity contribution in [3.8, 4) is 0 Å². The van der Waals surface area contributed by atoms with Gasteiger partial charge in [-0.05, 0) is 66.6 Å². The van der Waals surface area contributed by atoms with Gasteiger partial charge in [-0.3, -0.25) is 4.55 Å². The molecule has 58 heavy (non-hydrogen) atoms. The quantitative estimate of drug-likeness (QED) is 0.0877. The lowest BCUT2D eigenvalue weighted by Gasteiger charge is -2.66. The molecule has 6 rings (SSSR count). The number of aliphatic hydroxyl groups is 7. The maximum absolute atomic E-state index is 12.8.